The fourth-order valence-corrected chi connectivity index (χ4v) is 1.31. The highest BCUT2D eigenvalue weighted by Crippen LogP contribution is 2.14. The first-order valence-electron chi connectivity index (χ1n) is 5.54. The normalized spacial score (nSPS) is 9.06. The van der Waals surface area contributed by atoms with E-state index in [4.69, 9.17) is 20.0 Å². The second-order valence-corrected chi connectivity index (χ2v) is 3.55. The van der Waals surface area contributed by atoms with Crippen molar-refractivity contribution < 1.29 is 9.47 Å². The highest BCUT2D eigenvalue weighted by atomic mass is 16.5. The summed E-state index contributed by atoms with van der Waals surface area (Å²) in [4.78, 5) is 0. The van der Waals surface area contributed by atoms with Gasteiger partial charge in [0.1, 0.15) is 23.5 Å². The SMILES string of the molecule is COCCCOc1ccc(C=C(C#N)C#N)cc1. The zero-order valence-corrected chi connectivity index (χ0v) is 10.2. The Morgan fingerprint density at radius 3 is 2.39 bits per heavy atom. The van der Waals surface area contributed by atoms with Gasteiger partial charge in [-0.15, -0.1) is 0 Å². The maximum atomic E-state index is 8.63. The second-order valence-electron chi connectivity index (χ2n) is 3.55. The molecule has 0 fully saturated rings. The lowest BCUT2D eigenvalue weighted by Crippen LogP contribution is -2.01. The molecule has 0 aliphatic rings. The monoisotopic (exact) mass is 242 g/mol. The predicted octanol–water partition coefficient (Wildman–Crippen LogP) is 2.53. The van der Waals surface area contributed by atoms with E-state index >= 15 is 0 Å². The summed E-state index contributed by atoms with van der Waals surface area (Å²) in [6.45, 7) is 1.28. The van der Waals surface area contributed by atoms with Crippen LogP contribution in [0.1, 0.15) is 12.0 Å². The van der Waals surface area contributed by atoms with Crippen molar-refractivity contribution in [1.29, 1.82) is 10.5 Å². The number of nitrogens with zero attached hydrogens (tertiary/aromatic N) is 2. The molecule has 0 aliphatic heterocycles. The van der Waals surface area contributed by atoms with Crippen molar-refractivity contribution in [3.05, 3.63) is 35.4 Å². The molecule has 0 bridgehead atoms. The molecule has 0 saturated heterocycles. The van der Waals surface area contributed by atoms with Crippen molar-refractivity contribution in [2.45, 2.75) is 6.42 Å². The zero-order chi connectivity index (χ0) is 13.2. The van der Waals surface area contributed by atoms with Gasteiger partial charge >= 0.3 is 0 Å². The average Bonchev–Trinajstić information content (AvgIpc) is 2.42. The molecular weight excluding hydrogens is 228 g/mol. The molecule has 0 N–H and O–H groups in total. The number of ether oxygens (including phenoxy) is 2. The van der Waals surface area contributed by atoms with Crippen LogP contribution in [0.15, 0.2) is 29.8 Å². The summed E-state index contributed by atoms with van der Waals surface area (Å²) in [6.07, 6.45) is 2.37. The minimum Gasteiger partial charge on any atom is -0.494 e. The summed E-state index contributed by atoms with van der Waals surface area (Å²) in [5.74, 6) is 0.763. The predicted molar refractivity (Wildman–Crippen MR) is 67.6 cm³/mol. The van der Waals surface area contributed by atoms with Gasteiger partial charge in [0.15, 0.2) is 0 Å². The summed E-state index contributed by atoms with van der Waals surface area (Å²) in [5, 5.41) is 17.3. The molecule has 0 spiro atoms. The Hall–Kier alpha value is -2.30. The molecule has 1 aromatic carbocycles. The maximum Gasteiger partial charge on any atom is 0.130 e. The van der Waals surface area contributed by atoms with Crippen molar-refractivity contribution in [2.24, 2.45) is 0 Å². The summed E-state index contributed by atoms with van der Waals surface area (Å²) < 4.78 is 10.4. The quantitative estimate of drug-likeness (QED) is 0.568. The third kappa shape index (κ3) is 4.69. The smallest absolute Gasteiger partial charge is 0.130 e. The van der Waals surface area contributed by atoms with E-state index in [1.165, 1.54) is 6.08 Å². The van der Waals surface area contributed by atoms with E-state index in [0.29, 0.717) is 13.2 Å². The average molecular weight is 242 g/mol. The molecule has 0 heterocycles. The highest BCUT2D eigenvalue weighted by molar-refractivity contribution is 5.62. The first-order chi connectivity index (χ1) is 8.80. The van der Waals surface area contributed by atoms with E-state index in [1.54, 1.807) is 19.2 Å². The molecule has 0 radical (unpaired) electrons. The standard InChI is InChI=1S/C14H14N2O2/c1-17-7-2-8-18-14-5-3-12(4-6-14)9-13(10-15)11-16/h3-6,9H,2,7-8H2,1H3. The molecule has 0 atom stereocenters. The fraction of sp³-hybridized carbons (Fsp3) is 0.286. The van der Waals surface area contributed by atoms with Crippen molar-refractivity contribution in [1.82, 2.24) is 0 Å². The van der Waals surface area contributed by atoms with Gasteiger partial charge in [-0.05, 0) is 23.8 Å². The minimum atomic E-state index is 0.0868. The molecule has 0 amide bonds. The summed E-state index contributed by atoms with van der Waals surface area (Å²) in [5.41, 5.74) is 0.890. The largest absolute Gasteiger partial charge is 0.494 e. The molecule has 0 saturated carbocycles. The van der Waals surface area contributed by atoms with Gasteiger partial charge in [-0.2, -0.15) is 10.5 Å². The summed E-state index contributed by atoms with van der Waals surface area (Å²) in [6, 6.07) is 10.9. The van der Waals surface area contributed by atoms with Gasteiger partial charge in [-0.3, -0.25) is 0 Å². The van der Waals surface area contributed by atoms with E-state index in [9.17, 15) is 0 Å². The lowest BCUT2D eigenvalue weighted by molar-refractivity contribution is 0.172. The van der Waals surface area contributed by atoms with Crippen LogP contribution in [0.3, 0.4) is 0 Å². The summed E-state index contributed by atoms with van der Waals surface area (Å²) >= 11 is 0. The Morgan fingerprint density at radius 1 is 1.17 bits per heavy atom. The number of hydrogen-bond donors (Lipinski definition) is 0. The number of nitriles is 2. The number of hydrogen-bond acceptors (Lipinski definition) is 4. The molecule has 4 heteroatoms. The van der Waals surface area contributed by atoms with Gasteiger partial charge in [-0.25, -0.2) is 0 Å². The van der Waals surface area contributed by atoms with Crippen LogP contribution in [0.2, 0.25) is 0 Å². The van der Waals surface area contributed by atoms with Gasteiger partial charge in [0.05, 0.1) is 6.61 Å². The van der Waals surface area contributed by atoms with Crippen LogP contribution in [0.25, 0.3) is 6.08 Å². The Bertz CT molecular complexity index is 462. The lowest BCUT2D eigenvalue weighted by atomic mass is 10.1. The topological polar surface area (TPSA) is 66.0 Å². The van der Waals surface area contributed by atoms with Crippen molar-refractivity contribution >= 4 is 6.08 Å². The van der Waals surface area contributed by atoms with Crippen molar-refractivity contribution in [3.63, 3.8) is 0 Å². The molecule has 4 nitrogen and oxygen atoms in total. The first-order valence-corrected chi connectivity index (χ1v) is 5.54. The van der Waals surface area contributed by atoms with Crippen LogP contribution < -0.4 is 4.74 Å². The Kier molecular flexibility index (Phi) is 6.03. The fourth-order valence-electron chi connectivity index (χ4n) is 1.31. The molecule has 0 unspecified atom stereocenters. The van der Waals surface area contributed by atoms with E-state index in [0.717, 1.165) is 17.7 Å². The van der Waals surface area contributed by atoms with Crippen LogP contribution >= 0.6 is 0 Å². The third-order valence-corrected chi connectivity index (χ3v) is 2.19. The van der Waals surface area contributed by atoms with Gasteiger partial charge < -0.3 is 9.47 Å². The molecule has 0 aromatic heterocycles. The molecule has 0 aliphatic carbocycles. The second kappa shape index (κ2) is 7.89. The third-order valence-electron chi connectivity index (χ3n) is 2.19. The van der Waals surface area contributed by atoms with Crippen molar-refractivity contribution in [2.75, 3.05) is 20.3 Å². The van der Waals surface area contributed by atoms with E-state index in [2.05, 4.69) is 0 Å². The summed E-state index contributed by atoms with van der Waals surface area (Å²) in [7, 11) is 1.66. The van der Waals surface area contributed by atoms with Crippen LogP contribution in [-0.2, 0) is 4.74 Å². The molecule has 18 heavy (non-hydrogen) atoms. The van der Waals surface area contributed by atoms with Gasteiger partial charge in [-0.1, -0.05) is 12.1 Å². The van der Waals surface area contributed by atoms with Gasteiger partial charge in [0.2, 0.25) is 0 Å². The first kappa shape index (κ1) is 13.8. The molecule has 92 valence electrons. The van der Waals surface area contributed by atoms with Crippen molar-refractivity contribution in [3.8, 4) is 17.9 Å². The van der Waals surface area contributed by atoms with E-state index in [1.807, 2.05) is 24.3 Å². The number of methoxy groups -OCH3 is 1. The number of rotatable bonds is 6. The van der Waals surface area contributed by atoms with E-state index in [-0.39, 0.29) is 5.57 Å². The molecule has 1 rings (SSSR count). The van der Waals surface area contributed by atoms with Gasteiger partial charge in [0, 0.05) is 20.1 Å². The van der Waals surface area contributed by atoms with Crippen LogP contribution in [0, 0.1) is 22.7 Å². The molecule has 1 aromatic rings. The zero-order valence-electron chi connectivity index (χ0n) is 10.2. The number of allylic oxidation sites excluding steroid dienone is 1. The minimum absolute atomic E-state index is 0.0868. The highest BCUT2D eigenvalue weighted by Gasteiger charge is 1.96. The van der Waals surface area contributed by atoms with Gasteiger partial charge in [0.25, 0.3) is 0 Å². The Balaban J connectivity index is 2.56. The Labute approximate surface area is 107 Å². The molecular formula is C14H14N2O2. The van der Waals surface area contributed by atoms with E-state index < -0.39 is 0 Å². The van der Waals surface area contributed by atoms with Crippen LogP contribution in [-0.4, -0.2) is 20.3 Å². The van der Waals surface area contributed by atoms with Crippen LogP contribution in [0.4, 0.5) is 0 Å². The maximum absolute atomic E-state index is 8.63. The van der Waals surface area contributed by atoms with Crippen LogP contribution in [0.5, 0.6) is 5.75 Å². The lowest BCUT2D eigenvalue weighted by Gasteiger charge is -2.05. The Morgan fingerprint density at radius 2 is 1.83 bits per heavy atom. The number of benzene rings is 1.